The van der Waals surface area contributed by atoms with Gasteiger partial charge in [-0.15, -0.1) is 0 Å². The fourth-order valence-electron chi connectivity index (χ4n) is 2.88. The van der Waals surface area contributed by atoms with E-state index < -0.39 is 0 Å². The highest BCUT2D eigenvalue weighted by molar-refractivity contribution is 5.79. The van der Waals surface area contributed by atoms with Crippen LogP contribution in [-0.4, -0.2) is 22.3 Å². The number of nitriles is 1. The van der Waals surface area contributed by atoms with E-state index in [1.807, 2.05) is 25.2 Å². The van der Waals surface area contributed by atoms with Gasteiger partial charge in [0.15, 0.2) is 0 Å². The quantitative estimate of drug-likeness (QED) is 0.932. The highest BCUT2D eigenvalue weighted by Gasteiger charge is 2.36. The molecule has 3 rings (SSSR count). The number of hydrogen-bond donors (Lipinski definition) is 1. The molecule has 0 spiro atoms. The zero-order valence-corrected chi connectivity index (χ0v) is 12.9. The molecule has 6 heteroatoms. The Morgan fingerprint density at radius 3 is 3.13 bits per heavy atom. The third-order valence-corrected chi connectivity index (χ3v) is 4.10. The topological polar surface area (TPSA) is 79.9 Å². The standard InChI is InChI=1S/C17H18N4O2/c1-21-15(5-7-20-21)16-14(6-8-23-16)17(22)19-11-13-4-2-3-12(9-13)10-18/h2-5,7,9,14,16H,6,8,11H2,1H3,(H,19,22)/t14-,16-/m1/s1. The van der Waals surface area contributed by atoms with Crippen LogP contribution >= 0.6 is 0 Å². The maximum absolute atomic E-state index is 12.5. The van der Waals surface area contributed by atoms with Crippen LogP contribution in [0.4, 0.5) is 0 Å². The zero-order valence-electron chi connectivity index (χ0n) is 12.9. The van der Waals surface area contributed by atoms with Crippen molar-refractivity contribution in [3.63, 3.8) is 0 Å². The summed E-state index contributed by atoms with van der Waals surface area (Å²) in [6.07, 6.45) is 2.15. The first-order valence-electron chi connectivity index (χ1n) is 7.55. The lowest BCUT2D eigenvalue weighted by Crippen LogP contribution is -2.32. The third-order valence-electron chi connectivity index (χ3n) is 4.10. The summed E-state index contributed by atoms with van der Waals surface area (Å²) in [6.45, 7) is 0.973. The van der Waals surface area contributed by atoms with Crippen LogP contribution in [0.2, 0.25) is 0 Å². The number of hydrogen-bond acceptors (Lipinski definition) is 4. The molecular weight excluding hydrogens is 292 g/mol. The average Bonchev–Trinajstić information content (AvgIpc) is 3.21. The van der Waals surface area contributed by atoms with Gasteiger partial charge < -0.3 is 10.1 Å². The molecule has 2 aromatic rings. The maximum atomic E-state index is 12.5. The molecule has 1 aliphatic rings. The maximum Gasteiger partial charge on any atom is 0.226 e. The number of benzene rings is 1. The van der Waals surface area contributed by atoms with Crippen LogP contribution in [0.5, 0.6) is 0 Å². The van der Waals surface area contributed by atoms with Crippen LogP contribution in [0.3, 0.4) is 0 Å². The van der Waals surface area contributed by atoms with Crippen LogP contribution in [-0.2, 0) is 23.1 Å². The molecule has 1 N–H and O–H groups in total. The Morgan fingerprint density at radius 2 is 2.39 bits per heavy atom. The molecule has 1 saturated heterocycles. The normalized spacial score (nSPS) is 20.2. The van der Waals surface area contributed by atoms with E-state index >= 15 is 0 Å². The number of aromatic nitrogens is 2. The van der Waals surface area contributed by atoms with Gasteiger partial charge in [0, 0.05) is 26.4 Å². The SMILES string of the molecule is Cn1nccc1[C@@H]1OCC[C@H]1C(=O)NCc1cccc(C#N)c1. The van der Waals surface area contributed by atoms with Gasteiger partial charge in [-0.05, 0) is 30.2 Å². The Labute approximate surface area is 134 Å². The monoisotopic (exact) mass is 310 g/mol. The summed E-state index contributed by atoms with van der Waals surface area (Å²) in [5, 5.41) is 16.0. The number of carbonyl (C=O) groups is 1. The van der Waals surface area contributed by atoms with Crippen LogP contribution < -0.4 is 5.32 Å². The molecule has 2 heterocycles. The highest BCUT2D eigenvalue weighted by Crippen LogP contribution is 2.34. The van der Waals surface area contributed by atoms with Crippen molar-refractivity contribution < 1.29 is 9.53 Å². The molecule has 1 aliphatic heterocycles. The lowest BCUT2D eigenvalue weighted by Gasteiger charge is -2.18. The largest absolute Gasteiger partial charge is 0.371 e. The molecule has 1 aromatic carbocycles. The summed E-state index contributed by atoms with van der Waals surface area (Å²) in [6, 6.07) is 11.2. The molecule has 0 unspecified atom stereocenters. The van der Waals surface area contributed by atoms with Gasteiger partial charge in [-0.3, -0.25) is 9.48 Å². The van der Waals surface area contributed by atoms with Gasteiger partial charge in [0.1, 0.15) is 6.10 Å². The predicted molar refractivity (Wildman–Crippen MR) is 83.0 cm³/mol. The van der Waals surface area contributed by atoms with Crippen LogP contribution in [0.25, 0.3) is 0 Å². The second-order valence-corrected chi connectivity index (χ2v) is 5.60. The molecule has 1 amide bonds. The van der Waals surface area contributed by atoms with Crippen LogP contribution in [0.15, 0.2) is 36.5 Å². The van der Waals surface area contributed by atoms with Crippen molar-refractivity contribution in [1.29, 1.82) is 5.26 Å². The molecule has 0 radical (unpaired) electrons. The summed E-state index contributed by atoms with van der Waals surface area (Å²) in [4.78, 5) is 12.5. The number of ether oxygens (including phenoxy) is 1. The summed E-state index contributed by atoms with van der Waals surface area (Å²) in [5.41, 5.74) is 2.41. The smallest absolute Gasteiger partial charge is 0.226 e. The Balaban J connectivity index is 1.65. The minimum absolute atomic E-state index is 0.0314. The average molecular weight is 310 g/mol. The highest BCUT2D eigenvalue weighted by atomic mass is 16.5. The number of amides is 1. The number of carbonyl (C=O) groups excluding carboxylic acids is 1. The summed E-state index contributed by atoms with van der Waals surface area (Å²) < 4.78 is 7.48. The van der Waals surface area contributed by atoms with E-state index in [9.17, 15) is 4.79 Å². The first-order chi connectivity index (χ1) is 11.2. The van der Waals surface area contributed by atoms with Crippen molar-refractivity contribution in [2.75, 3.05) is 6.61 Å². The first kappa shape index (κ1) is 15.3. The van der Waals surface area contributed by atoms with E-state index in [0.717, 1.165) is 11.3 Å². The van der Waals surface area contributed by atoms with Gasteiger partial charge in [-0.2, -0.15) is 10.4 Å². The van der Waals surface area contributed by atoms with Crippen LogP contribution in [0.1, 0.15) is 29.3 Å². The Morgan fingerprint density at radius 1 is 1.52 bits per heavy atom. The van der Waals surface area contributed by atoms with Crippen molar-refractivity contribution >= 4 is 5.91 Å². The van der Waals surface area contributed by atoms with E-state index in [0.29, 0.717) is 25.1 Å². The lowest BCUT2D eigenvalue weighted by atomic mass is 9.98. The number of nitrogens with one attached hydrogen (secondary N) is 1. The van der Waals surface area contributed by atoms with Gasteiger partial charge in [0.25, 0.3) is 0 Å². The molecule has 118 valence electrons. The molecule has 0 aliphatic carbocycles. The van der Waals surface area contributed by atoms with E-state index in [4.69, 9.17) is 10.00 Å². The van der Waals surface area contributed by atoms with Crippen molar-refractivity contribution in [1.82, 2.24) is 15.1 Å². The minimum Gasteiger partial charge on any atom is -0.371 e. The number of rotatable bonds is 4. The van der Waals surface area contributed by atoms with E-state index in [1.165, 1.54) is 0 Å². The predicted octanol–water partition coefficient (Wildman–Crippen LogP) is 1.69. The molecule has 1 aromatic heterocycles. The van der Waals surface area contributed by atoms with Gasteiger partial charge >= 0.3 is 0 Å². The molecule has 2 atom stereocenters. The summed E-state index contributed by atoms with van der Waals surface area (Å²) in [7, 11) is 1.85. The minimum atomic E-state index is -0.257. The Hall–Kier alpha value is -2.65. The molecule has 0 bridgehead atoms. The van der Waals surface area contributed by atoms with E-state index in [1.54, 1.807) is 23.0 Å². The second kappa shape index (κ2) is 6.63. The Bertz CT molecular complexity index is 747. The third kappa shape index (κ3) is 3.25. The second-order valence-electron chi connectivity index (χ2n) is 5.60. The summed E-state index contributed by atoms with van der Waals surface area (Å²) in [5.74, 6) is -0.249. The summed E-state index contributed by atoms with van der Waals surface area (Å²) >= 11 is 0. The van der Waals surface area contributed by atoms with Crippen molar-refractivity contribution in [3.8, 4) is 6.07 Å². The number of nitrogens with zero attached hydrogens (tertiary/aromatic N) is 3. The fraction of sp³-hybridized carbons (Fsp3) is 0.353. The first-order valence-corrected chi connectivity index (χ1v) is 7.55. The number of aryl methyl sites for hydroxylation is 1. The van der Waals surface area contributed by atoms with Crippen molar-refractivity contribution in [2.24, 2.45) is 13.0 Å². The molecule has 1 fully saturated rings. The molecule has 0 saturated carbocycles. The van der Waals surface area contributed by atoms with Gasteiger partial charge in [0.2, 0.25) is 5.91 Å². The van der Waals surface area contributed by atoms with Crippen molar-refractivity contribution in [3.05, 3.63) is 53.3 Å². The fourth-order valence-corrected chi connectivity index (χ4v) is 2.88. The van der Waals surface area contributed by atoms with Gasteiger partial charge in [-0.25, -0.2) is 0 Å². The van der Waals surface area contributed by atoms with Gasteiger partial charge in [-0.1, -0.05) is 12.1 Å². The zero-order chi connectivity index (χ0) is 16.2. The van der Waals surface area contributed by atoms with Crippen LogP contribution in [0, 0.1) is 17.2 Å². The van der Waals surface area contributed by atoms with E-state index in [2.05, 4.69) is 16.5 Å². The van der Waals surface area contributed by atoms with Crippen molar-refractivity contribution in [2.45, 2.75) is 19.1 Å². The molecule has 6 nitrogen and oxygen atoms in total. The van der Waals surface area contributed by atoms with E-state index in [-0.39, 0.29) is 17.9 Å². The Kier molecular flexibility index (Phi) is 4.40. The molecular formula is C17H18N4O2. The lowest BCUT2D eigenvalue weighted by molar-refractivity contribution is -0.127. The molecule has 23 heavy (non-hydrogen) atoms. The van der Waals surface area contributed by atoms with Gasteiger partial charge in [0.05, 0.1) is 23.2 Å².